The molecule has 6 nitrogen and oxygen atoms in total. The highest BCUT2D eigenvalue weighted by Crippen LogP contribution is 2.26. The molecule has 0 bridgehead atoms. The highest BCUT2D eigenvalue weighted by atomic mass is 79.9. The maximum atomic E-state index is 12.9. The average molecular weight is 461 g/mol. The number of rotatable bonds is 5. The fourth-order valence-electron chi connectivity index (χ4n) is 3.43. The first-order valence-electron chi connectivity index (χ1n) is 9.50. The number of anilines is 1. The molecule has 1 aliphatic rings. The summed E-state index contributed by atoms with van der Waals surface area (Å²) >= 11 is 3.46. The third-order valence-electron chi connectivity index (χ3n) is 5.18. The van der Waals surface area contributed by atoms with E-state index in [4.69, 9.17) is 9.47 Å². The van der Waals surface area contributed by atoms with Crippen molar-refractivity contribution in [3.05, 3.63) is 52.0 Å². The maximum absolute atomic E-state index is 12.9. The highest BCUT2D eigenvalue weighted by Gasteiger charge is 2.28. The molecule has 1 heterocycles. The van der Waals surface area contributed by atoms with Gasteiger partial charge in [-0.15, -0.1) is 0 Å². The predicted molar refractivity (Wildman–Crippen MR) is 116 cm³/mol. The lowest BCUT2D eigenvalue weighted by molar-refractivity contribution is -0.121. The van der Waals surface area contributed by atoms with Gasteiger partial charge in [-0.05, 0) is 55.7 Å². The van der Waals surface area contributed by atoms with Gasteiger partial charge >= 0.3 is 0 Å². The van der Waals surface area contributed by atoms with E-state index in [9.17, 15) is 9.59 Å². The minimum Gasteiger partial charge on any atom is -0.497 e. The molecule has 2 amide bonds. The average Bonchev–Trinajstić information content (AvgIpc) is 2.75. The van der Waals surface area contributed by atoms with Gasteiger partial charge in [0.15, 0.2) is 0 Å². The van der Waals surface area contributed by atoms with Crippen LogP contribution in [-0.2, 0) is 4.79 Å². The van der Waals surface area contributed by atoms with Gasteiger partial charge in [-0.3, -0.25) is 9.59 Å². The maximum Gasteiger partial charge on any atom is 0.254 e. The zero-order valence-electron chi connectivity index (χ0n) is 16.8. The van der Waals surface area contributed by atoms with Crippen molar-refractivity contribution in [3.63, 3.8) is 0 Å². The number of hydrogen-bond acceptors (Lipinski definition) is 4. The summed E-state index contributed by atoms with van der Waals surface area (Å²) in [5.41, 5.74) is 2.38. The highest BCUT2D eigenvalue weighted by molar-refractivity contribution is 9.10. The molecule has 2 aromatic carbocycles. The third kappa shape index (κ3) is 5.09. The van der Waals surface area contributed by atoms with E-state index in [0.717, 1.165) is 15.7 Å². The Hall–Kier alpha value is -2.54. The minimum atomic E-state index is -0.108. The molecule has 3 rings (SSSR count). The van der Waals surface area contributed by atoms with Gasteiger partial charge in [0.1, 0.15) is 11.5 Å². The molecule has 0 radical (unpaired) electrons. The van der Waals surface area contributed by atoms with Crippen LogP contribution >= 0.6 is 15.9 Å². The fourth-order valence-corrected chi connectivity index (χ4v) is 3.67. The third-order valence-corrected chi connectivity index (χ3v) is 6.07. The lowest BCUT2D eigenvalue weighted by Gasteiger charge is -2.31. The van der Waals surface area contributed by atoms with Crippen LogP contribution in [0.15, 0.2) is 40.9 Å². The van der Waals surface area contributed by atoms with Crippen molar-refractivity contribution in [1.29, 1.82) is 0 Å². The number of ether oxygens (including phenoxy) is 2. The van der Waals surface area contributed by atoms with Gasteiger partial charge < -0.3 is 19.7 Å². The second-order valence-electron chi connectivity index (χ2n) is 7.12. The Morgan fingerprint density at radius 1 is 1.03 bits per heavy atom. The van der Waals surface area contributed by atoms with E-state index in [-0.39, 0.29) is 17.7 Å². The van der Waals surface area contributed by atoms with Gasteiger partial charge in [0.2, 0.25) is 5.91 Å². The fraction of sp³-hybridized carbons (Fsp3) is 0.364. The van der Waals surface area contributed by atoms with E-state index in [0.29, 0.717) is 43.0 Å². The van der Waals surface area contributed by atoms with Crippen molar-refractivity contribution in [2.45, 2.75) is 19.8 Å². The molecule has 0 aliphatic carbocycles. The van der Waals surface area contributed by atoms with Crippen LogP contribution in [0, 0.1) is 12.8 Å². The molecule has 1 aliphatic heterocycles. The summed E-state index contributed by atoms with van der Waals surface area (Å²) in [6.07, 6.45) is 1.27. The first-order chi connectivity index (χ1) is 13.9. The van der Waals surface area contributed by atoms with Crippen LogP contribution < -0.4 is 14.8 Å². The standard InChI is InChI=1S/C22H25BrN2O4/c1-14-10-17(4-5-20(14)23)24-21(26)15-6-8-25(9-7-15)22(27)16-11-18(28-2)13-19(12-16)29-3/h4-5,10-13,15H,6-9H2,1-3H3,(H,24,26). The Balaban J connectivity index is 1.60. The Kier molecular flexibility index (Phi) is 6.79. The second-order valence-corrected chi connectivity index (χ2v) is 7.98. The summed E-state index contributed by atoms with van der Waals surface area (Å²) in [7, 11) is 3.11. The van der Waals surface area contributed by atoms with E-state index >= 15 is 0 Å². The number of carbonyl (C=O) groups is 2. The SMILES string of the molecule is COc1cc(OC)cc(C(=O)N2CCC(C(=O)Nc3ccc(Br)c(C)c3)CC2)c1. The van der Waals surface area contributed by atoms with Gasteiger partial charge in [-0.2, -0.15) is 0 Å². The normalized spacial score (nSPS) is 14.4. The molecule has 0 atom stereocenters. The van der Waals surface area contributed by atoms with Crippen molar-refractivity contribution in [1.82, 2.24) is 4.90 Å². The number of hydrogen-bond donors (Lipinski definition) is 1. The molecular formula is C22H25BrN2O4. The van der Waals surface area contributed by atoms with Crippen LogP contribution in [-0.4, -0.2) is 44.0 Å². The van der Waals surface area contributed by atoms with Gasteiger partial charge in [0.05, 0.1) is 14.2 Å². The number of likely N-dealkylation sites (tertiary alicyclic amines) is 1. The number of halogens is 1. The van der Waals surface area contributed by atoms with Crippen LogP contribution in [0.3, 0.4) is 0 Å². The molecule has 154 valence electrons. The van der Waals surface area contributed by atoms with Gasteiger partial charge in [0, 0.05) is 40.8 Å². The molecule has 0 unspecified atom stereocenters. The lowest BCUT2D eigenvalue weighted by Crippen LogP contribution is -2.41. The first-order valence-corrected chi connectivity index (χ1v) is 10.3. The van der Waals surface area contributed by atoms with Crippen molar-refractivity contribution in [2.24, 2.45) is 5.92 Å². The summed E-state index contributed by atoms with van der Waals surface area (Å²) in [6.45, 7) is 3.06. The van der Waals surface area contributed by atoms with Crippen LogP contribution in [0.5, 0.6) is 11.5 Å². The van der Waals surface area contributed by atoms with Crippen LogP contribution in [0.1, 0.15) is 28.8 Å². The predicted octanol–water partition coefficient (Wildman–Crippen LogP) is 4.27. The molecule has 1 saturated heterocycles. The van der Waals surface area contributed by atoms with Crippen molar-refractivity contribution in [3.8, 4) is 11.5 Å². The zero-order valence-corrected chi connectivity index (χ0v) is 18.4. The number of benzene rings is 2. The summed E-state index contributed by atoms with van der Waals surface area (Å²) in [6, 6.07) is 10.9. The topological polar surface area (TPSA) is 67.9 Å². The van der Waals surface area contributed by atoms with Crippen molar-refractivity contribution in [2.75, 3.05) is 32.6 Å². The van der Waals surface area contributed by atoms with Gasteiger partial charge in [-0.25, -0.2) is 0 Å². The quantitative estimate of drug-likeness (QED) is 0.723. The summed E-state index contributed by atoms with van der Waals surface area (Å²) < 4.78 is 11.5. The summed E-state index contributed by atoms with van der Waals surface area (Å²) in [5.74, 6) is 0.966. The molecular weight excluding hydrogens is 436 g/mol. The largest absolute Gasteiger partial charge is 0.497 e. The van der Waals surface area contributed by atoms with E-state index in [1.807, 2.05) is 25.1 Å². The minimum absolute atomic E-state index is 0.00173. The van der Waals surface area contributed by atoms with E-state index < -0.39 is 0 Å². The van der Waals surface area contributed by atoms with E-state index in [1.54, 1.807) is 37.3 Å². The van der Waals surface area contributed by atoms with Crippen LogP contribution in [0.2, 0.25) is 0 Å². The number of nitrogens with one attached hydrogen (secondary N) is 1. The van der Waals surface area contributed by atoms with Gasteiger partial charge in [0.25, 0.3) is 5.91 Å². The molecule has 1 N–H and O–H groups in total. The Morgan fingerprint density at radius 2 is 1.66 bits per heavy atom. The van der Waals surface area contributed by atoms with Crippen molar-refractivity contribution >= 4 is 33.4 Å². The second kappa shape index (κ2) is 9.31. The number of amides is 2. The molecule has 2 aromatic rings. The number of piperidine rings is 1. The summed E-state index contributed by atoms with van der Waals surface area (Å²) in [4.78, 5) is 27.3. The summed E-state index contributed by atoms with van der Waals surface area (Å²) in [5, 5.41) is 2.99. The van der Waals surface area contributed by atoms with Gasteiger partial charge in [-0.1, -0.05) is 15.9 Å². The van der Waals surface area contributed by atoms with E-state index in [2.05, 4.69) is 21.2 Å². The first kappa shape index (κ1) is 21.2. The number of nitrogens with zero attached hydrogens (tertiary/aromatic N) is 1. The lowest BCUT2D eigenvalue weighted by atomic mass is 9.95. The Bertz CT molecular complexity index is 885. The molecule has 7 heteroatoms. The monoisotopic (exact) mass is 460 g/mol. The molecule has 0 saturated carbocycles. The number of aryl methyl sites for hydroxylation is 1. The molecule has 29 heavy (non-hydrogen) atoms. The number of methoxy groups -OCH3 is 2. The zero-order chi connectivity index (χ0) is 21.0. The Labute approximate surface area is 179 Å². The van der Waals surface area contributed by atoms with Crippen LogP contribution in [0.4, 0.5) is 5.69 Å². The smallest absolute Gasteiger partial charge is 0.254 e. The molecule has 0 aromatic heterocycles. The van der Waals surface area contributed by atoms with Crippen LogP contribution in [0.25, 0.3) is 0 Å². The Morgan fingerprint density at radius 3 is 2.21 bits per heavy atom. The number of carbonyl (C=O) groups excluding carboxylic acids is 2. The molecule has 0 spiro atoms. The van der Waals surface area contributed by atoms with Crippen molar-refractivity contribution < 1.29 is 19.1 Å². The molecule has 1 fully saturated rings. The van der Waals surface area contributed by atoms with E-state index in [1.165, 1.54) is 0 Å².